The number of nitrogens with zero attached hydrogens (tertiary/aromatic N) is 3. The standard InChI is InChI=1S/C9H17N5O4.ClH/c10-7(8(15)16)3-1-2-4-12-9(17)18-6-5-13-14-11;/h7H,1-6,10H2,(H,12,17)(H,15,16);1H. The minimum atomic E-state index is -1.03. The smallest absolute Gasteiger partial charge is 0.407 e. The van der Waals surface area contributed by atoms with Gasteiger partial charge in [-0.3, -0.25) is 4.79 Å². The van der Waals surface area contributed by atoms with Crippen LogP contribution < -0.4 is 11.1 Å². The molecule has 1 amide bonds. The number of ether oxygens (including phenoxy) is 1. The summed E-state index contributed by atoms with van der Waals surface area (Å²) in [5.74, 6) is -1.03. The van der Waals surface area contributed by atoms with Crippen molar-refractivity contribution in [2.24, 2.45) is 10.8 Å². The molecule has 9 nitrogen and oxygen atoms in total. The van der Waals surface area contributed by atoms with Crippen molar-refractivity contribution in [3.63, 3.8) is 0 Å². The molecule has 0 aromatic rings. The first-order valence-corrected chi connectivity index (χ1v) is 5.47. The number of hydrogen-bond acceptors (Lipinski definition) is 5. The summed E-state index contributed by atoms with van der Waals surface area (Å²) in [7, 11) is 0. The van der Waals surface area contributed by atoms with Crippen LogP contribution in [0.15, 0.2) is 5.11 Å². The topological polar surface area (TPSA) is 150 Å². The third-order valence-electron chi connectivity index (χ3n) is 2.02. The van der Waals surface area contributed by atoms with Gasteiger partial charge in [-0.2, -0.15) is 0 Å². The van der Waals surface area contributed by atoms with Crippen LogP contribution in [0.25, 0.3) is 10.4 Å². The van der Waals surface area contributed by atoms with Gasteiger partial charge < -0.3 is 20.9 Å². The van der Waals surface area contributed by atoms with Gasteiger partial charge in [-0.05, 0) is 24.8 Å². The molecule has 0 heterocycles. The zero-order chi connectivity index (χ0) is 13.8. The van der Waals surface area contributed by atoms with E-state index in [1.807, 2.05) is 0 Å². The van der Waals surface area contributed by atoms with Crippen molar-refractivity contribution in [3.8, 4) is 0 Å². The predicted octanol–water partition coefficient (Wildman–Crippen LogP) is 1.03. The molecule has 0 aromatic carbocycles. The normalized spacial score (nSPS) is 10.6. The Balaban J connectivity index is 0. The number of carboxylic acid groups (broad SMARTS) is 1. The van der Waals surface area contributed by atoms with Crippen molar-refractivity contribution in [1.82, 2.24) is 5.32 Å². The first kappa shape index (κ1) is 19.6. The molecular weight excluding hydrogens is 278 g/mol. The molecule has 10 heteroatoms. The maximum atomic E-state index is 11.0. The lowest BCUT2D eigenvalue weighted by Gasteiger charge is -2.07. The third-order valence-corrected chi connectivity index (χ3v) is 2.02. The molecule has 110 valence electrons. The predicted molar refractivity (Wildman–Crippen MR) is 70.1 cm³/mol. The first-order chi connectivity index (χ1) is 8.57. The number of carbonyl (C=O) groups excluding carboxylic acids is 1. The van der Waals surface area contributed by atoms with E-state index in [4.69, 9.17) is 16.4 Å². The Labute approximate surface area is 116 Å². The zero-order valence-corrected chi connectivity index (χ0v) is 11.1. The van der Waals surface area contributed by atoms with Gasteiger partial charge in [-0.15, -0.1) is 12.4 Å². The summed E-state index contributed by atoms with van der Waals surface area (Å²) in [6.07, 6.45) is 0.993. The molecule has 0 fully saturated rings. The van der Waals surface area contributed by atoms with E-state index in [0.29, 0.717) is 25.8 Å². The second-order valence-electron chi connectivity index (χ2n) is 3.46. The van der Waals surface area contributed by atoms with Gasteiger partial charge in [0.2, 0.25) is 0 Å². The fraction of sp³-hybridized carbons (Fsp3) is 0.778. The lowest BCUT2D eigenvalue weighted by atomic mass is 10.1. The quantitative estimate of drug-likeness (QED) is 0.251. The number of rotatable bonds is 9. The number of nitrogens with one attached hydrogen (secondary N) is 1. The molecule has 0 saturated carbocycles. The highest BCUT2D eigenvalue weighted by atomic mass is 35.5. The third kappa shape index (κ3) is 12.5. The fourth-order valence-corrected chi connectivity index (χ4v) is 1.08. The molecule has 1 atom stereocenters. The number of azide groups is 1. The van der Waals surface area contributed by atoms with Crippen LogP contribution in [0.5, 0.6) is 0 Å². The van der Waals surface area contributed by atoms with Gasteiger partial charge >= 0.3 is 12.1 Å². The Bertz CT molecular complexity index is 322. The monoisotopic (exact) mass is 295 g/mol. The maximum absolute atomic E-state index is 11.0. The van der Waals surface area contributed by atoms with Crippen molar-refractivity contribution in [2.45, 2.75) is 25.3 Å². The second kappa shape index (κ2) is 12.7. The number of carboxylic acids is 1. The molecule has 0 aliphatic rings. The number of amides is 1. The van der Waals surface area contributed by atoms with E-state index >= 15 is 0 Å². The Kier molecular flexibility index (Phi) is 13.2. The van der Waals surface area contributed by atoms with Gasteiger partial charge in [0, 0.05) is 11.5 Å². The zero-order valence-electron chi connectivity index (χ0n) is 10.3. The Morgan fingerprint density at radius 3 is 2.74 bits per heavy atom. The van der Waals surface area contributed by atoms with Crippen molar-refractivity contribution in [2.75, 3.05) is 19.7 Å². The number of unbranched alkanes of at least 4 members (excludes halogenated alkanes) is 1. The van der Waals surface area contributed by atoms with Crippen LogP contribution in [0.1, 0.15) is 19.3 Å². The van der Waals surface area contributed by atoms with Gasteiger partial charge in [-0.25, -0.2) is 4.79 Å². The number of aliphatic carboxylic acids is 1. The van der Waals surface area contributed by atoms with Crippen LogP contribution in [-0.4, -0.2) is 42.9 Å². The largest absolute Gasteiger partial charge is 0.480 e. The summed E-state index contributed by atoms with van der Waals surface area (Å²) >= 11 is 0. The van der Waals surface area contributed by atoms with E-state index in [0.717, 1.165) is 0 Å². The van der Waals surface area contributed by atoms with E-state index in [9.17, 15) is 9.59 Å². The molecule has 0 aliphatic heterocycles. The minimum absolute atomic E-state index is 0. The number of alkyl carbamates (subject to hydrolysis) is 1. The number of nitrogens with two attached hydrogens (primary N) is 1. The number of halogens is 1. The van der Waals surface area contributed by atoms with Crippen LogP contribution in [0, 0.1) is 0 Å². The van der Waals surface area contributed by atoms with Crippen molar-refractivity contribution in [1.29, 1.82) is 0 Å². The van der Waals surface area contributed by atoms with E-state index in [-0.39, 0.29) is 25.6 Å². The highest BCUT2D eigenvalue weighted by Gasteiger charge is 2.10. The molecule has 0 spiro atoms. The first-order valence-electron chi connectivity index (χ1n) is 5.47. The van der Waals surface area contributed by atoms with Gasteiger partial charge in [0.25, 0.3) is 0 Å². The molecule has 0 bridgehead atoms. The summed E-state index contributed by atoms with van der Waals surface area (Å²) in [5.41, 5.74) is 13.3. The van der Waals surface area contributed by atoms with Crippen LogP contribution >= 0.6 is 12.4 Å². The Morgan fingerprint density at radius 2 is 2.16 bits per heavy atom. The molecule has 0 aliphatic carbocycles. The van der Waals surface area contributed by atoms with Gasteiger partial charge in [0.05, 0.1) is 13.2 Å². The van der Waals surface area contributed by atoms with E-state index in [1.165, 1.54) is 0 Å². The second-order valence-corrected chi connectivity index (χ2v) is 3.46. The van der Waals surface area contributed by atoms with Crippen molar-refractivity contribution >= 4 is 24.5 Å². The highest BCUT2D eigenvalue weighted by Crippen LogP contribution is 1.98. The average Bonchev–Trinajstić information content (AvgIpc) is 2.33. The van der Waals surface area contributed by atoms with Gasteiger partial charge in [-0.1, -0.05) is 5.11 Å². The molecule has 0 saturated heterocycles. The summed E-state index contributed by atoms with van der Waals surface area (Å²) in [5, 5.41) is 14.2. The molecule has 19 heavy (non-hydrogen) atoms. The minimum Gasteiger partial charge on any atom is -0.480 e. The van der Waals surface area contributed by atoms with Crippen LogP contribution in [0.4, 0.5) is 4.79 Å². The molecule has 4 N–H and O–H groups in total. The van der Waals surface area contributed by atoms with Crippen LogP contribution in [0.2, 0.25) is 0 Å². The molecular formula is C9H18ClN5O4. The highest BCUT2D eigenvalue weighted by molar-refractivity contribution is 5.85. The van der Waals surface area contributed by atoms with E-state index < -0.39 is 18.1 Å². The van der Waals surface area contributed by atoms with Crippen LogP contribution in [-0.2, 0) is 9.53 Å². The SMILES string of the molecule is Cl.[N-]=[N+]=NCCOC(=O)NCCCCC(N)C(=O)O. The number of hydrogen-bond donors (Lipinski definition) is 3. The molecule has 0 rings (SSSR count). The lowest BCUT2D eigenvalue weighted by molar-refractivity contribution is -0.138. The molecule has 0 aromatic heterocycles. The van der Waals surface area contributed by atoms with Gasteiger partial charge in [0.15, 0.2) is 0 Å². The van der Waals surface area contributed by atoms with Crippen molar-refractivity contribution < 1.29 is 19.4 Å². The summed E-state index contributed by atoms with van der Waals surface area (Å²) in [4.78, 5) is 23.9. The van der Waals surface area contributed by atoms with Crippen molar-refractivity contribution in [3.05, 3.63) is 10.4 Å². The lowest BCUT2D eigenvalue weighted by Crippen LogP contribution is -2.30. The summed E-state index contributed by atoms with van der Waals surface area (Å²) < 4.78 is 4.68. The Morgan fingerprint density at radius 1 is 1.47 bits per heavy atom. The fourth-order valence-electron chi connectivity index (χ4n) is 1.08. The van der Waals surface area contributed by atoms with E-state index in [1.54, 1.807) is 0 Å². The molecule has 0 radical (unpaired) electrons. The maximum Gasteiger partial charge on any atom is 0.407 e. The summed E-state index contributed by atoms with van der Waals surface area (Å²) in [6, 6.07) is -0.860. The Hall–Kier alpha value is -1.70. The van der Waals surface area contributed by atoms with Gasteiger partial charge in [0.1, 0.15) is 6.04 Å². The van der Waals surface area contributed by atoms with E-state index in [2.05, 4.69) is 20.1 Å². The van der Waals surface area contributed by atoms with Crippen LogP contribution in [0.3, 0.4) is 0 Å². The molecule has 1 unspecified atom stereocenters. The number of carbonyl (C=O) groups is 2. The summed E-state index contributed by atoms with van der Waals surface area (Å²) in [6.45, 7) is 0.504. The average molecular weight is 296 g/mol.